The van der Waals surface area contributed by atoms with E-state index in [0.29, 0.717) is 17.0 Å². The van der Waals surface area contributed by atoms with Gasteiger partial charge < -0.3 is 5.32 Å². The number of carbonyl (C=O) groups excluding carboxylic acids is 1. The van der Waals surface area contributed by atoms with Gasteiger partial charge in [-0.1, -0.05) is 30.4 Å². The molecule has 1 saturated carbocycles. The lowest BCUT2D eigenvalue weighted by molar-refractivity contribution is -0.120. The lowest BCUT2D eigenvalue weighted by Gasteiger charge is -2.16. The summed E-state index contributed by atoms with van der Waals surface area (Å²) in [5, 5.41) is 12.5. The van der Waals surface area contributed by atoms with Crippen molar-refractivity contribution in [3.8, 4) is 0 Å². The number of aromatic nitrogens is 2. The number of carbonyl (C=O) groups is 1. The first-order valence-corrected chi connectivity index (χ1v) is 6.89. The first-order chi connectivity index (χ1) is 8.26. The van der Waals surface area contributed by atoms with Gasteiger partial charge in [0.1, 0.15) is 5.01 Å². The van der Waals surface area contributed by atoms with E-state index >= 15 is 0 Å². The van der Waals surface area contributed by atoms with E-state index in [2.05, 4.69) is 27.7 Å². The Balaban J connectivity index is 1.65. The molecule has 1 aromatic rings. The minimum absolute atomic E-state index is 0.112. The number of anilines is 1. The third kappa shape index (κ3) is 1.99. The van der Waals surface area contributed by atoms with Gasteiger partial charge in [-0.2, -0.15) is 0 Å². The van der Waals surface area contributed by atoms with Crippen LogP contribution in [0, 0.1) is 17.8 Å². The van der Waals surface area contributed by atoms with Gasteiger partial charge in [-0.05, 0) is 31.1 Å². The lowest BCUT2D eigenvalue weighted by Crippen LogP contribution is -2.25. The molecule has 1 N–H and O–H groups in total. The van der Waals surface area contributed by atoms with Crippen molar-refractivity contribution in [1.82, 2.24) is 10.2 Å². The predicted octanol–water partition coefficient (Wildman–Crippen LogP) is 2.25. The van der Waals surface area contributed by atoms with Crippen molar-refractivity contribution >= 4 is 22.4 Å². The number of aryl methyl sites for hydroxylation is 1. The van der Waals surface area contributed by atoms with Gasteiger partial charge in [-0.3, -0.25) is 4.79 Å². The molecular formula is C12H15N3OS. The molecule has 0 aliphatic heterocycles. The molecule has 4 nitrogen and oxygen atoms in total. The molecule has 3 atom stereocenters. The number of rotatable bonds is 3. The third-order valence-corrected chi connectivity index (χ3v) is 4.60. The van der Waals surface area contributed by atoms with Gasteiger partial charge in [-0.15, -0.1) is 10.2 Å². The lowest BCUT2D eigenvalue weighted by atomic mass is 9.93. The Labute approximate surface area is 104 Å². The normalized spacial score (nSPS) is 29.8. The molecule has 0 radical (unpaired) electrons. The van der Waals surface area contributed by atoms with E-state index in [9.17, 15) is 4.79 Å². The molecule has 1 heterocycles. The minimum atomic E-state index is 0.112. The summed E-state index contributed by atoms with van der Waals surface area (Å²) >= 11 is 1.47. The van der Waals surface area contributed by atoms with Gasteiger partial charge in [0.25, 0.3) is 0 Å². The summed E-state index contributed by atoms with van der Waals surface area (Å²) in [4.78, 5) is 12.1. The van der Waals surface area contributed by atoms with Gasteiger partial charge in [0.15, 0.2) is 0 Å². The highest BCUT2D eigenvalue weighted by Crippen LogP contribution is 2.43. The van der Waals surface area contributed by atoms with Crippen LogP contribution < -0.4 is 5.32 Å². The SMILES string of the molecule is CCc1nnc(NC(=O)[C@@H]2C[C@H]3C=C[C@H]2C3)s1. The number of nitrogens with one attached hydrogen (secondary N) is 1. The summed E-state index contributed by atoms with van der Waals surface area (Å²) in [6, 6.07) is 0. The van der Waals surface area contributed by atoms with Crippen molar-refractivity contribution in [2.45, 2.75) is 26.2 Å². The Kier molecular flexibility index (Phi) is 2.70. The van der Waals surface area contributed by atoms with E-state index in [1.54, 1.807) is 0 Å². The summed E-state index contributed by atoms with van der Waals surface area (Å²) in [7, 11) is 0. The predicted molar refractivity (Wildman–Crippen MR) is 66.8 cm³/mol. The van der Waals surface area contributed by atoms with Crippen molar-refractivity contribution < 1.29 is 4.79 Å². The second-order valence-electron chi connectivity index (χ2n) is 4.73. The molecule has 0 saturated heterocycles. The number of hydrogen-bond acceptors (Lipinski definition) is 4. The van der Waals surface area contributed by atoms with Gasteiger partial charge >= 0.3 is 0 Å². The maximum atomic E-state index is 12.1. The summed E-state index contributed by atoms with van der Waals surface area (Å²) in [6.45, 7) is 2.03. The van der Waals surface area contributed by atoms with Crippen molar-refractivity contribution in [3.05, 3.63) is 17.2 Å². The Hall–Kier alpha value is -1.23. The van der Waals surface area contributed by atoms with Crippen LogP contribution in [0.25, 0.3) is 0 Å². The molecule has 1 amide bonds. The smallest absolute Gasteiger partial charge is 0.229 e. The van der Waals surface area contributed by atoms with Crippen LogP contribution in [-0.2, 0) is 11.2 Å². The van der Waals surface area contributed by atoms with Crippen molar-refractivity contribution in [2.24, 2.45) is 17.8 Å². The van der Waals surface area contributed by atoms with E-state index in [4.69, 9.17) is 0 Å². The fourth-order valence-electron chi connectivity index (χ4n) is 2.73. The Morgan fingerprint density at radius 3 is 2.94 bits per heavy atom. The van der Waals surface area contributed by atoms with Crippen molar-refractivity contribution in [3.63, 3.8) is 0 Å². The van der Waals surface area contributed by atoms with Crippen LogP contribution in [0.1, 0.15) is 24.8 Å². The highest BCUT2D eigenvalue weighted by molar-refractivity contribution is 7.15. The standard InChI is InChI=1S/C12H15N3OS/c1-2-10-14-15-12(17-10)13-11(16)9-6-7-3-4-8(9)5-7/h3-4,7-9H,2,5-6H2,1H3,(H,13,15,16)/t7-,8-,9+/m0/s1. The fraction of sp³-hybridized carbons (Fsp3) is 0.583. The number of amides is 1. The quantitative estimate of drug-likeness (QED) is 0.836. The largest absolute Gasteiger partial charge is 0.300 e. The van der Waals surface area contributed by atoms with Gasteiger partial charge in [0.2, 0.25) is 11.0 Å². The molecule has 2 aliphatic carbocycles. The molecule has 5 heteroatoms. The topological polar surface area (TPSA) is 54.9 Å². The Morgan fingerprint density at radius 2 is 2.35 bits per heavy atom. The summed E-state index contributed by atoms with van der Waals surface area (Å²) in [5.41, 5.74) is 0. The molecule has 3 rings (SSSR count). The molecule has 0 aromatic carbocycles. The van der Waals surface area contributed by atoms with Crippen LogP contribution in [0.5, 0.6) is 0 Å². The highest BCUT2D eigenvalue weighted by Gasteiger charge is 2.39. The molecule has 2 aliphatic rings. The molecule has 0 unspecified atom stereocenters. The van der Waals surface area contributed by atoms with Gasteiger partial charge in [0, 0.05) is 5.92 Å². The first-order valence-electron chi connectivity index (χ1n) is 6.08. The maximum absolute atomic E-state index is 12.1. The maximum Gasteiger partial charge on any atom is 0.229 e. The van der Waals surface area contributed by atoms with Crippen LogP contribution >= 0.6 is 11.3 Å². The average Bonchev–Trinajstić information content (AvgIpc) is 3.04. The molecular weight excluding hydrogens is 234 g/mol. The molecule has 1 aromatic heterocycles. The minimum Gasteiger partial charge on any atom is -0.300 e. The van der Waals surface area contributed by atoms with E-state index in [0.717, 1.165) is 24.3 Å². The Morgan fingerprint density at radius 1 is 1.47 bits per heavy atom. The van der Waals surface area contributed by atoms with E-state index in [1.807, 2.05) is 6.92 Å². The zero-order valence-corrected chi connectivity index (χ0v) is 10.5. The van der Waals surface area contributed by atoms with E-state index in [-0.39, 0.29) is 11.8 Å². The fourth-order valence-corrected chi connectivity index (χ4v) is 3.41. The van der Waals surface area contributed by atoms with Crippen LogP contribution in [0.2, 0.25) is 0 Å². The van der Waals surface area contributed by atoms with Crippen LogP contribution in [-0.4, -0.2) is 16.1 Å². The molecule has 2 bridgehead atoms. The van der Waals surface area contributed by atoms with E-state index in [1.165, 1.54) is 11.3 Å². The molecule has 17 heavy (non-hydrogen) atoms. The summed E-state index contributed by atoms with van der Waals surface area (Å²) < 4.78 is 0. The van der Waals surface area contributed by atoms with Crippen LogP contribution in [0.3, 0.4) is 0 Å². The zero-order chi connectivity index (χ0) is 11.8. The monoisotopic (exact) mass is 249 g/mol. The number of nitrogens with zero attached hydrogens (tertiary/aromatic N) is 2. The molecule has 1 fully saturated rings. The second-order valence-corrected chi connectivity index (χ2v) is 5.79. The van der Waals surface area contributed by atoms with Gasteiger partial charge in [0.05, 0.1) is 0 Å². The van der Waals surface area contributed by atoms with Crippen LogP contribution in [0.4, 0.5) is 5.13 Å². The molecule has 90 valence electrons. The second kappa shape index (κ2) is 4.22. The number of fused-ring (bicyclic) bond motifs is 2. The summed E-state index contributed by atoms with van der Waals surface area (Å²) in [5.74, 6) is 1.31. The Bertz CT molecular complexity index is 468. The van der Waals surface area contributed by atoms with E-state index < -0.39 is 0 Å². The van der Waals surface area contributed by atoms with Crippen molar-refractivity contribution in [1.29, 1.82) is 0 Å². The number of hydrogen-bond donors (Lipinski definition) is 1. The number of allylic oxidation sites excluding steroid dienone is 2. The third-order valence-electron chi connectivity index (χ3n) is 3.62. The first kappa shape index (κ1) is 10.9. The highest BCUT2D eigenvalue weighted by atomic mass is 32.1. The summed E-state index contributed by atoms with van der Waals surface area (Å²) in [6.07, 6.45) is 7.44. The zero-order valence-electron chi connectivity index (χ0n) is 9.72. The average molecular weight is 249 g/mol. The molecule has 0 spiro atoms. The van der Waals surface area contributed by atoms with Crippen molar-refractivity contribution in [2.75, 3.05) is 5.32 Å². The van der Waals surface area contributed by atoms with Crippen LogP contribution in [0.15, 0.2) is 12.2 Å². The van der Waals surface area contributed by atoms with Gasteiger partial charge in [-0.25, -0.2) is 0 Å².